The third-order valence-electron chi connectivity index (χ3n) is 5.47. The molecule has 156 valence electrons. The lowest BCUT2D eigenvalue weighted by Gasteiger charge is -2.38. The van der Waals surface area contributed by atoms with Gasteiger partial charge in [0.05, 0.1) is 5.69 Å². The molecule has 2 aliphatic heterocycles. The van der Waals surface area contributed by atoms with Crippen LogP contribution in [0.25, 0.3) is 0 Å². The molecule has 2 N–H and O–H groups in total. The van der Waals surface area contributed by atoms with Crippen LogP contribution in [-0.2, 0) is 4.79 Å². The van der Waals surface area contributed by atoms with Crippen LogP contribution >= 0.6 is 11.8 Å². The smallest absolute Gasteiger partial charge is 0.247 e. The Morgan fingerprint density at radius 1 is 1.07 bits per heavy atom. The highest BCUT2D eigenvalue weighted by Crippen LogP contribution is 2.40. The van der Waals surface area contributed by atoms with Crippen LogP contribution in [0.5, 0.6) is 0 Å². The number of amides is 1. The quantitative estimate of drug-likeness (QED) is 0.577. The number of hydrogen-bond donors (Lipinski definition) is 2. The van der Waals surface area contributed by atoms with Gasteiger partial charge in [0.2, 0.25) is 5.91 Å². The molecule has 4 rings (SSSR count). The van der Waals surface area contributed by atoms with Gasteiger partial charge in [0, 0.05) is 41.5 Å². The van der Waals surface area contributed by atoms with E-state index in [-0.39, 0.29) is 11.8 Å². The molecule has 30 heavy (non-hydrogen) atoms. The van der Waals surface area contributed by atoms with Crippen molar-refractivity contribution in [3.63, 3.8) is 0 Å². The fraction of sp³-hybridized carbons (Fsp3) is 0.364. The van der Waals surface area contributed by atoms with Crippen LogP contribution in [0.4, 0.5) is 5.69 Å². The first kappa shape index (κ1) is 20.4. The Hall–Kier alpha value is -2.87. The summed E-state index contributed by atoms with van der Waals surface area (Å²) in [7, 11) is 0. The monoisotopic (exact) mass is 422 g/mol. The Kier molecular flexibility index (Phi) is 6.03. The molecule has 1 saturated heterocycles. The molecule has 2 aromatic rings. The number of benzene rings is 2. The number of carbonyl (C=O) groups is 1. The molecule has 0 spiro atoms. The van der Waals surface area contributed by atoms with Gasteiger partial charge >= 0.3 is 0 Å². The first-order valence-corrected chi connectivity index (χ1v) is 11.0. The second-order valence-electron chi connectivity index (χ2n) is 7.78. The summed E-state index contributed by atoms with van der Waals surface area (Å²) >= 11 is 1.75. The van der Waals surface area contributed by atoms with Crippen molar-refractivity contribution in [2.45, 2.75) is 29.7 Å². The number of carbonyl (C=O) groups excluding carboxylic acids is 1. The van der Waals surface area contributed by atoms with E-state index in [1.54, 1.807) is 11.8 Å². The maximum Gasteiger partial charge on any atom is 0.247 e. The van der Waals surface area contributed by atoms with Crippen LogP contribution in [0, 0.1) is 11.4 Å². The summed E-state index contributed by atoms with van der Waals surface area (Å²) in [6.07, 6.45) is 0. The number of fused-ring (bicyclic) bond motifs is 2. The van der Waals surface area contributed by atoms with E-state index in [0.29, 0.717) is 26.2 Å². The maximum atomic E-state index is 12.9. The Labute approximate surface area is 181 Å². The third kappa shape index (κ3) is 4.05. The normalized spacial score (nSPS) is 16.8. The number of hydrogen-bond acceptors (Lipinski definition) is 6. The fourth-order valence-corrected chi connectivity index (χ4v) is 4.82. The molecule has 0 bridgehead atoms. The summed E-state index contributed by atoms with van der Waals surface area (Å²) in [5.74, 6) is 1.04. The molecule has 0 radical (unpaired) electrons. The molecule has 0 aliphatic carbocycles. The Balaban J connectivity index is 1.56. The first-order valence-electron chi connectivity index (χ1n) is 10.2. The van der Waals surface area contributed by atoms with Gasteiger partial charge in [0.25, 0.3) is 0 Å². The van der Waals surface area contributed by atoms with Crippen molar-refractivity contribution in [2.24, 2.45) is 16.1 Å². The highest BCUT2D eigenvalue weighted by molar-refractivity contribution is 7.99. The number of piperazine rings is 1. The molecular weight excluding hydrogens is 396 g/mol. The Bertz CT molecular complexity index is 968. The van der Waals surface area contributed by atoms with Crippen molar-refractivity contribution < 1.29 is 4.79 Å². The lowest BCUT2D eigenvalue weighted by Crippen LogP contribution is -2.55. The van der Waals surface area contributed by atoms with Crippen LogP contribution in [-0.4, -0.2) is 53.8 Å². The summed E-state index contributed by atoms with van der Waals surface area (Å²) < 4.78 is 0. The fourth-order valence-electron chi connectivity index (χ4n) is 3.80. The first-order chi connectivity index (χ1) is 14.6. The summed E-state index contributed by atoms with van der Waals surface area (Å²) in [6.45, 7) is 6.60. The lowest BCUT2D eigenvalue weighted by molar-refractivity contribution is -0.135. The second kappa shape index (κ2) is 8.87. The van der Waals surface area contributed by atoms with Gasteiger partial charge in [0.15, 0.2) is 0 Å². The van der Waals surface area contributed by atoms with Gasteiger partial charge in [-0.1, -0.05) is 61.2 Å². The minimum Gasteiger partial charge on any atom is -0.353 e. The highest BCUT2D eigenvalue weighted by atomic mass is 32.2. The van der Waals surface area contributed by atoms with Gasteiger partial charge in [-0.05, 0) is 24.1 Å². The number of rotatable bonds is 4. The average molecular weight is 423 g/mol. The molecule has 2 heterocycles. The van der Waals surface area contributed by atoms with Gasteiger partial charge in [-0.2, -0.15) is 5.53 Å². The molecule has 1 unspecified atom stereocenters. The summed E-state index contributed by atoms with van der Waals surface area (Å²) in [5.41, 5.74) is 11.8. The summed E-state index contributed by atoms with van der Waals surface area (Å²) in [4.78, 5) is 24.4. The molecule has 1 amide bonds. The van der Waals surface area contributed by atoms with Crippen molar-refractivity contribution in [3.8, 4) is 0 Å². The van der Waals surface area contributed by atoms with Crippen LogP contribution in [0.15, 0.2) is 68.5 Å². The van der Waals surface area contributed by atoms with Crippen molar-refractivity contribution >= 4 is 29.2 Å². The van der Waals surface area contributed by atoms with Gasteiger partial charge in [0.1, 0.15) is 11.9 Å². The number of aliphatic imine (C=N–C) groups is 1. The average Bonchev–Trinajstić information content (AvgIpc) is 2.93. The number of nitrogens with zero attached hydrogens (tertiary/aromatic N) is 4. The number of para-hydroxylation sites is 1. The van der Waals surface area contributed by atoms with Crippen LogP contribution in [0.3, 0.4) is 0 Å². The van der Waals surface area contributed by atoms with Crippen LogP contribution < -0.4 is 5.43 Å². The molecule has 1 fully saturated rings. The second-order valence-corrected chi connectivity index (χ2v) is 8.86. The van der Waals surface area contributed by atoms with Crippen molar-refractivity contribution in [2.75, 3.05) is 26.2 Å². The molecule has 2 aromatic carbocycles. The van der Waals surface area contributed by atoms with Gasteiger partial charge < -0.3 is 9.80 Å². The van der Waals surface area contributed by atoms with E-state index in [2.05, 4.69) is 45.9 Å². The zero-order valence-electron chi connectivity index (χ0n) is 17.2. The lowest BCUT2D eigenvalue weighted by atomic mass is 10.0. The van der Waals surface area contributed by atoms with Crippen molar-refractivity contribution in [3.05, 3.63) is 54.1 Å². The molecule has 7 nitrogen and oxygen atoms in total. The van der Waals surface area contributed by atoms with E-state index >= 15 is 0 Å². The van der Waals surface area contributed by atoms with Crippen LogP contribution in [0.2, 0.25) is 0 Å². The molecule has 2 aliphatic rings. The zero-order valence-corrected chi connectivity index (χ0v) is 18.0. The van der Waals surface area contributed by atoms with Crippen molar-refractivity contribution in [1.82, 2.24) is 15.2 Å². The predicted molar refractivity (Wildman–Crippen MR) is 118 cm³/mol. The molecule has 0 saturated carbocycles. The number of amidine groups is 1. The summed E-state index contributed by atoms with van der Waals surface area (Å²) in [5, 5.41) is 3.24. The minimum absolute atomic E-state index is 0.00440. The largest absolute Gasteiger partial charge is 0.353 e. The molecular formula is C22H26N6OS. The molecule has 1 atom stereocenters. The van der Waals surface area contributed by atoms with E-state index in [4.69, 9.17) is 10.5 Å². The van der Waals surface area contributed by atoms with Crippen LogP contribution in [0.1, 0.15) is 19.4 Å². The molecule has 8 heteroatoms. The predicted octanol–water partition coefficient (Wildman–Crippen LogP) is 3.93. The Morgan fingerprint density at radius 3 is 2.43 bits per heavy atom. The zero-order chi connectivity index (χ0) is 21.1. The topological polar surface area (TPSA) is 84.1 Å². The summed E-state index contributed by atoms with van der Waals surface area (Å²) in [6, 6.07) is 16.1. The minimum atomic E-state index is -0.465. The van der Waals surface area contributed by atoms with E-state index in [1.807, 2.05) is 36.9 Å². The van der Waals surface area contributed by atoms with Crippen molar-refractivity contribution in [1.29, 1.82) is 5.53 Å². The molecule has 0 aromatic heterocycles. The highest BCUT2D eigenvalue weighted by Gasteiger charge is 2.31. The van der Waals surface area contributed by atoms with Gasteiger partial charge in [-0.3, -0.25) is 10.2 Å². The van der Waals surface area contributed by atoms with Gasteiger partial charge in [-0.25, -0.2) is 4.99 Å². The third-order valence-corrected chi connectivity index (χ3v) is 6.61. The van der Waals surface area contributed by atoms with E-state index < -0.39 is 6.04 Å². The van der Waals surface area contributed by atoms with Gasteiger partial charge in [-0.15, -0.1) is 0 Å². The van der Waals surface area contributed by atoms with E-state index in [1.165, 1.54) is 4.90 Å². The van der Waals surface area contributed by atoms with E-state index in [0.717, 1.165) is 22.0 Å². The maximum absolute atomic E-state index is 12.9. The van der Waals surface area contributed by atoms with E-state index in [9.17, 15) is 4.79 Å². The SMILES string of the molecule is CC(C)C(NN=N)C(=O)N1CCN(C2=Nc3ccccc3Sc3ccccc32)CC1. The number of nitrogens with one attached hydrogen (secondary N) is 2. The standard InChI is InChI=1S/C22H26N6OS/c1-15(2)20(25-26-23)22(29)28-13-11-27(12-14-28)21-16-7-3-5-9-18(16)30-19-10-6-4-8-17(19)24-21/h3-10,15,20H,11-14H2,1-2H3,(H2,23,25). The Morgan fingerprint density at radius 2 is 1.73 bits per heavy atom.